The molecule has 114 valence electrons. The van der Waals surface area contributed by atoms with Crippen LogP contribution in [0.2, 0.25) is 0 Å². The molecule has 0 spiro atoms. The summed E-state index contributed by atoms with van der Waals surface area (Å²) in [5.41, 5.74) is 2.08. The lowest BCUT2D eigenvalue weighted by Crippen LogP contribution is -2.28. The molecule has 1 aliphatic heterocycles. The Labute approximate surface area is 129 Å². The lowest BCUT2D eigenvalue weighted by Gasteiger charge is -2.24. The van der Waals surface area contributed by atoms with Gasteiger partial charge >= 0.3 is 5.97 Å². The normalized spacial score (nSPS) is 21.7. The number of hydrogen-bond acceptors (Lipinski definition) is 5. The molecule has 2 heterocycles. The highest BCUT2D eigenvalue weighted by Gasteiger charge is 2.42. The van der Waals surface area contributed by atoms with E-state index >= 15 is 0 Å². The van der Waals surface area contributed by atoms with Crippen molar-refractivity contribution in [3.63, 3.8) is 0 Å². The summed E-state index contributed by atoms with van der Waals surface area (Å²) < 4.78 is 4.92. The van der Waals surface area contributed by atoms with Crippen LogP contribution in [0.15, 0.2) is 54.9 Å². The Bertz CT molecular complexity index is 618. The smallest absolute Gasteiger partial charge is 0.313 e. The number of esters is 1. The van der Waals surface area contributed by atoms with Crippen LogP contribution < -0.4 is 0 Å². The fourth-order valence-electron chi connectivity index (χ4n) is 2.75. The Balaban J connectivity index is 1.87. The number of ether oxygens (including phenoxy) is 1. The van der Waals surface area contributed by atoms with Crippen molar-refractivity contribution in [1.82, 2.24) is 10.0 Å². The minimum atomic E-state index is -0.349. The largest absolute Gasteiger partial charge is 0.469 e. The minimum absolute atomic E-state index is 0.193. The van der Waals surface area contributed by atoms with Gasteiger partial charge in [0, 0.05) is 18.9 Å². The Morgan fingerprint density at radius 2 is 2.14 bits per heavy atom. The van der Waals surface area contributed by atoms with Crippen molar-refractivity contribution in [3.8, 4) is 0 Å². The fraction of sp³-hybridized carbons (Fsp3) is 0.294. The van der Waals surface area contributed by atoms with E-state index < -0.39 is 0 Å². The summed E-state index contributed by atoms with van der Waals surface area (Å²) >= 11 is 0. The molecular formula is C17H18N2O3. The van der Waals surface area contributed by atoms with Gasteiger partial charge in [0.1, 0.15) is 5.92 Å². The van der Waals surface area contributed by atoms with Crippen LogP contribution in [0.3, 0.4) is 0 Å². The van der Waals surface area contributed by atoms with Gasteiger partial charge in [0.15, 0.2) is 0 Å². The first-order valence-corrected chi connectivity index (χ1v) is 7.21. The quantitative estimate of drug-likeness (QED) is 0.811. The third kappa shape index (κ3) is 3.00. The number of rotatable bonds is 4. The van der Waals surface area contributed by atoms with E-state index in [2.05, 4.69) is 4.98 Å². The van der Waals surface area contributed by atoms with Crippen molar-refractivity contribution < 1.29 is 14.4 Å². The topological polar surface area (TPSA) is 51.7 Å². The van der Waals surface area contributed by atoms with Crippen LogP contribution in [0.25, 0.3) is 0 Å². The molecule has 2 atom stereocenters. The van der Waals surface area contributed by atoms with Gasteiger partial charge in [0.25, 0.3) is 0 Å². The minimum Gasteiger partial charge on any atom is -0.469 e. The summed E-state index contributed by atoms with van der Waals surface area (Å²) in [6.07, 6.45) is 3.49. The van der Waals surface area contributed by atoms with Crippen molar-refractivity contribution in [2.24, 2.45) is 5.92 Å². The number of aromatic nitrogens is 1. The maximum atomic E-state index is 12.0. The lowest BCUT2D eigenvalue weighted by molar-refractivity contribution is -0.146. The van der Waals surface area contributed by atoms with E-state index in [4.69, 9.17) is 9.57 Å². The molecule has 3 rings (SSSR count). The molecule has 1 saturated heterocycles. The molecule has 1 fully saturated rings. The summed E-state index contributed by atoms with van der Waals surface area (Å²) in [7, 11) is 1.41. The first kappa shape index (κ1) is 14.7. The molecule has 2 aromatic rings. The third-order valence-corrected chi connectivity index (χ3v) is 3.82. The van der Waals surface area contributed by atoms with E-state index in [1.54, 1.807) is 12.4 Å². The van der Waals surface area contributed by atoms with Crippen molar-refractivity contribution in [2.45, 2.75) is 12.6 Å². The summed E-state index contributed by atoms with van der Waals surface area (Å²) in [6.45, 7) is 0.924. The molecule has 1 aromatic carbocycles. The molecule has 0 unspecified atom stereocenters. The average molecular weight is 298 g/mol. The van der Waals surface area contributed by atoms with Gasteiger partial charge < -0.3 is 4.74 Å². The van der Waals surface area contributed by atoms with Gasteiger partial charge in [-0.1, -0.05) is 36.4 Å². The Morgan fingerprint density at radius 3 is 2.82 bits per heavy atom. The highest BCUT2D eigenvalue weighted by atomic mass is 16.7. The van der Waals surface area contributed by atoms with Gasteiger partial charge in [-0.05, 0) is 17.2 Å². The van der Waals surface area contributed by atoms with E-state index in [-0.39, 0.29) is 17.9 Å². The van der Waals surface area contributed by atoms with Gasteiger partial charge in [-0.15, -0.1) is 0 Å². The molecule has 5 heteroatoms. The Morgan fingerprint density at radius 1 is 1.32 bits per heavy atom. The molecule has 1 aromatic heterocycles. The summed E-state index contributed by atoms with van der Waals surface area (Å²) in [5.74, 6) is -0.609. The zero-order valence-electron chi connectivity index (χ0n) is 12.4. The number of carbonyl (C=O) groups excluding carboxylic acids is 1. The second kappa shape index (κ2) is 6.68. The second-order valence-corrected chi connectivity index (χ2v) is 5.22. The molecule has 22 heavy (non-hydrogen) atoms. The molecule has 1 aliphatic rings. The number of methoxy groups -OCH3 is 1. The predicted molar refractivity (Wildman–Crippen MR) is 80.4 cm³/mol. The molecule has 5 nitrogen and oxygen atoms in total. The van der Waals surface area contributed by atoms with Crippen LogP contribution in [0, 0.1) is 5.92 Å². The van der Waals surface area contributed by atoms with Crippen molar-refractivity contribution >= 4 is 5.97 Å². The summed E-state index contributed by atoms with van der Waals surface area (Å²) in [6, 6.07) is 13.7. The lowest BCUT2D eigenvalue weighted by atomic mass is 9.95. The van der Waals surface area contributed by atoms with Crippen molar-refractivity contribution in [3.05, 3.63) is 66.0 Å². The Kier molecular flexibility index (Phi) is 4.46. The number of carbonyl (C=O) groups is 1. The van der Waals surface area contributed by atoms with Gasteiger partial charge in [-0.3, -0.25) is 14.6 Å². The zero-order chi connectivity index (χ0) is 15.4. The molecule has 0 bridgehead atoms. The predicted octanol–water partition coefficient (Wildman–Crippen LogP) is 2.36. The number of hydrogen-bond donors (Lipinski definition) is 0. The molecular weight excluding hydrogens is 280 g/mol. The zero-order valence-corrected chi connectivity index (χ0v) is 12.4. The SMILES string of the molecule is COC(=O)[C@@H]1CON(Cc2ccccc2)[C@H]1c1cccnc1. The van der Waals surface area contributed by atoms with E-state index in [0.717, 1.165) is 11.1 Å². The van der Waals surface area contributed by atoms with E-state index in [1.807, 2.05) is 47.5 Å². The van der Waals surface area contributed by atoms with Crippen molar-refractivity contribution in [1.29, 1.82) is 0 Å². The average Bonchev–Trinajstić information content (AvgIpc) is 2.99. The number of hydroxylamine groups is 2. The highest BCUT2D eigenvalue weighted by Crippen LogP contribution is 2.36. The molecule has 0 radical (unpaired) electrons. The fourth-order valence-corrected chi connectivity index (χ4v) is 2.75. The van der Waals surface area contributed by atoms with Crippen LogP contribution in [-0.4, -0.2) is 29.7 Å². The van der Waals surface area contributed by atoms with Gasteiger partial charge in [-0.25, -0.2) is 0 Å². The van der Waals surface area contributed by atoms with Crippen LogP contribution >= 0.6 is 0 Å². The maximum Gasteiger partial charge on any atom is 0.313 e. The highest BCUT2D eigenvalue weighted by molar-refractivity contribution is 5.74. The number of benzene rings is 1. The summed E-state index contributed by atoms with van der Waals surface area (Å²) in [4.78, 5) is 22.0. The van der Waals surface area contributed by atoms with Gasteiger partial charge in [-0.2, -0.15) is 5.06 Å². The van der Waals surface area contributed by atoms with Crippen LogP contribution in [-0.2, 0) is 20.9 Å². The van der Waals surface area contributed by atoms with E-state index in [0.29, 0.717) is 13.2 Å². The molecule has 0 amide bonds. The van der Waals surface area contributed by atoms with Gasteiger partial charge in [0.2, 0.25) is 0 Å². The first-order valence-electron chi connectivity index (χ1n) is 7.21. The number of nitrogens with zero attached hydrogens (tertiary/aromatic N) is 2. The number of pyridine rings is 1. The second-order valence-electron chi connectivity index (χ2n) is 5.22. The maximum absolute atomic E-state index is 12.0. The van der Waals surface area contributed by atoms with Gasteiger partial charge in [0.05, 0.1) is 19.8 Å². The standard InChI is InChI=1S/C17H18N2O3/c1-21-17(20)15-12-22-19(11-13-6-3-2-4-7-13)16(15)14-8-5-9-18-10-14/h2-10,15-16H,11-12H2,1H3/t15-,16+/m1/s1. The van der Waals surface area contributed by atoms with Crippen LogP contribution in [0.4, 0.5) is 0 Å². The molecule has 0 saturated carbocycles. The molecule has 0 N–H and O–H groups in total. The van der Waals surface area contributed by atoms with Crippen LogP contribution in [0.5, 0.6) is 0 Å². The third-order valence-electron chi connectivity index (χ3n) is 3.82. The van der Waals surface area contributed by atoms with Crippen molar-refractivity contribution in [2.75, 3.05) is 13.7 Å². The first-order chi connectivity index (χ1) is 10.8. The Hall–Kier alpha value is -2.24. The van der Waals surface area contributed by atoms with Crippen LogP contribution in [0.1, 0.15) is 17.2 Å². The van der Waals surface area contributed by atoms with E-state index in [9.17, 15) is 4.79 Å². The monoisotopic (exact) mass is 298 g/mol. The molecule has 0 aliphatic carbocycles. The summed E-state index contributed by atoms with van der Waals surface area (Å²) in [5, 5.41) is 1.84. The van der Waals surface area contributed by atoms with E-state index in [1.165, 1.54) is 7.11 Å².